The van der Waals surface area contributed by atoms with E-state index in [1.165, 1.54) is 23.1 Å². The summed E-state index contributed by atoms with van der Waals surface area (Å²) in [5.41, 5.74) is 0.643. The highest BCUT2D eigenvalue weighted by Gasteiger charge is 2.32. The molecule has 0 spiro atoms. The molecule has 1 aliphatic heterocycles. The van der Waals surface area contributed by atoms with E-state index in [1.54, 1.807) is 42.3 Å². The molecule has 3 rings (SSSR count). The third-order valence-electron chi connectivity index (χ3n) is 3.94. The molecule has 1 atom stereocenters. The fraction of sp³-hybridized carbons (Fsp3) is 0.263. The molecule has 1 fully saturated rings. The molecule has 146 valence electrons. The summed E-state index contributed by atoms with van der Waals surface area (Å²) in [4.78, 5) is 34.8. The first-order valence-electron chi connectivity index (χ1n) is 8.71. The number of ether oxygens (including phenoxy) is 1. The van der Waals surface area contributed by atoms with Crippen LogP contribution in [0.25, 0.3) is 6.08 Å². The molecule has 0 radical (unpaired) electrons. The summed E-state index contributed by atoms with van der Waals surface area (Å²) in [6, 6.07) is 7.07. The van der Waals surface area contributed by atoms with Crippen molar-refractivity contribution in [1.82, 2.24) is 9.88 Å². The van der Waals surface area contributed by atoms with E-state index in [1.807, 2.05) is 18.4 Å². The third kappa shape index (κ3) is 4.42. The second kappa shape index (κ2) is 9.03. The van der Waals surface area contributed by atoms with E-state index in [4.69, 9.17) is 4.74 Å². The summed E-state index contributed by atoms with van der Waals surface area (Å²) >= 11 is 2.66. The van der Waals surface area contributed by atoms with E-state index < -0.39 is 12.1 Å². The minimum absolute atomic E-state index is 0.150. The van der Waals surface area contributed by atoms with Gasteiger partial charge in [0.05, 0.1) is 4.91 Å². The van der Waals surface area contributed by atoms with Crippen molar-refractivity contribution in [3.8, 4) is 5.75 Å². The van der Waals surface area contributed by atoms with Crippen LogP contribution >= 0.6 is 23.1 Å². The van der Waals surface area contributed by atoms with Gasteiger partial charge in [-0.3, -0.25) is 9.69 Å². The number of amidine groups is 1. The van der Waals surface area contributed by atoms with Crippen LogP contribution < -0.4 is 4.74 Å². The van der Waals surface area contributed by atoms with Crippen molar-refractivity contribution in [3.05, 3.63) is 46.3 Å². The summed E-state index contributed by atoms with van der Waals surface area (Å²) in [6.07, 6.45) is 2.77. The number of nitrogens with zero attached hydrogens (tertiary/aromatic N) is 3. The summed E-state index contributed by atoms with van der Waals surface area (Å²) in [5, 5.41) is 12.2. The molecular formula is C19H19N3O4S2. The number of benzene rings is 1. The number of thioether (sulfide) groups is 1. The van der Waals surface area contributed by atoms with Gasteiger partial charge in [-0.15, -0.1) is 11.3 Å². The van der Waals surface area contributed by atoms with Crippen LogP contribution in [0.1, 0.15) is 25.8 Å². The Morgan fingerprint density at radius 3 is 2.82 bits per heavy atom. The van der Waals surface area contributed by atoms with Gasteiger partial charge in [0.2, 0.25) is 5.13 Å². The van der Waals surface area contributed by atoms with Crippen molar-refractivity contribution in [1.29, 1.82) is 0 Å². The number of para-hydroxylation sites is 1. The maximum Gasteiger partial charge on any atom is 0.344 e. The molecule has 1 unspecified atom stereocenters. The normalized spacial score (nSPS) is 18.1. The van der Waals surface area contributed by atoms with Gasteiger partial charge < -0.3 is 9.84 Å². The Bertz CT molecular complexity index is 925. The van der Waals surface area contributed by atoms with Gasteiger partial charge in [-0.25, -0.2) is 9.78 Å². The molecule has 1 aliphatic rings. The Hall–Kier alpha value is -2.65. The van der Waals surface area contributed by atoms with Gasteiger partial charge in [-0.2, -0.15) is 4.99 Å². The van der Waals surface area contributed by atoms with Crippen molar-refractivity contribution >= 4 is 51.4 Å². The number of carbonyl (C=O) groups is 2. The average molecular weight is 418 g/mol. The van der Waals surface area contributed by atoms with Gasteiger partial charge in [-0.1, -0.05) is 25.1 Å². The predicted molar refractivity (Wildman–Crippen MR) is 111 cm³/mol. The van der Waals surface area contributed by atoms with Crippen LogP contribution in [0.4, 0.5) is 5.13 Å². The fourth-order valence-corrected chi connectivity index (χ4v) is 4.13. The lowest BCUT2D eigenvalue weighted by atomic mass is 10.1. The summed E-state index contributed by atoms with van der Waals surface area (Å²) in [5.74, 6) is -0.750. The molecule has 1 N–H and O–H groups in total. The first-order chi connectivity index (χ1) is 13.5. The second-order valence-corrected chi connectivity index (χ2v) is 7.64. The number of rotatable bonds is 7. The molecule has 1 saturated heterocycles. The van der Waals surface area contributed by atoms with E-state index in [0.717, 1.165) is 0 Å². The predicted octanol–water partition coefficient (Wildman–Crippen LogP) is 4.01. The van der Waals surface area contributed by atoms with Crippen molar-refractivity contribution in [2.75, 3.05) is 6.54 Å². The van der Waals surface area contributed by atoms with Crippen LogP contribution in [0.5, 0.6) is 5.75 Å². The highest BCUT2D eigenvalue weighted by molar-refractivity contribution is 8.18. The molecule has 0 bridgehead atoms. The van der Waals surface area contributed by atoms with Gasteiger partial charge >= 0.3 is 5.97 Å². The lowest BCUT2D eigenvalue weighted by Crippen LogP contribution is -2.28. The number of amides is 1. The Morgan fingerprint density at radius 2 is 2.18 bits per heavy atom. The number of aliphatic imine (C=N–C) groups is 1. The zero-order valence-electron chi connectivity index (χ0n) is 15.4. The minimum atomic E-state index is -1.02. The number of aromatic nitrogens is 1. The second-order valence-electron chi connectivity index (χ2n) is 5.76. The third-order valence-corrected chi connectivity index (χ3v) is 5.61. The monoisotopic (exact) mass is 417 g/mol. The van der Waals surface area contributed by atoms with Crippen LogP contribution in [0.15, 0.2) is 45.7 Å². The van der Waals surface area contributed by atoms with E-state index in [2.05, 4.69) is 9.98 Å². The Labute approximate surface area is 170 Å². The molecule has 1 aromatic carbocycles. The number of hydrogen-bond acceptors (Lipinski definition) is 7. The minimum Gasteiger partial charge on any atom is -0.479 e. The average Bonchev–Trinajstić information content (AvgIpc) is 3.29. The fourth-order valence-electron chi connectivity index (χ4n) is 2.53. The maximum absolute atomic E-state index is 12.8. The Balaban J connectivity index is 1.91. The van der Waals surface area contributed by atoms with Crippen LogP contribution in [0.2, 0.25) is 0 Å². The number of thiazole rings is 1. The van der Waals surface area contributed by atoms with Crippen molar-refractivity contribution in [3.63, 3.8) is 0 Å². The van der Waals surface area contributed by atoms with Gasteiger partial charge in [0, 0.05) is 23.7 Å². The largest absolute Gasteiger partial charge is 0.479 e. The van der Waals surface area contributed by atoms with Gasteiger partial charge in [0.15, 0.2) is 11.3 Å². The number of carbonyl (C=O) groups excluding carboxylic acids is 1. The van der Waals surface area contributed by atoms with Gasteiger partial charge in [-0.05, 0) is 37.2 Å². The molecule has 1 amide bonds. The van der Waals surface area contributed by atoms with E-state index >= 15 is 0 Å². The number of likely N-dealkylation sites (N-methyl/N-ethyl adjacent to an activating group) is 1. The SMILES string of the molecule is CCC(Oc1ccccc1/C=C1/S/C(=N/c2nccs2)N(CC)C1=O)C(=O)O. The molecule has 2 heterocycles. The highest BCUT2D eigenvalue weighted by Crippen LogP contribution is 2.35. The van der Waals surface area contributed by atoms with Crippen molar-refractivity contribution in [2.24, 2.45) is 4.99 Å². The van der Waals surface area contributed by atoms with E-state index in [9.17, 15) is 14.7 Å². The van der Waals surface area contributed by atoms with Crippen LogP contribution in [-0.2, 0) is 9.59 Å². The smallest absolute Gasteiger partial charge is 0.344 e. The summed E-state index contributed by atoms with van der Waals surface area (Å²) < 4.78 is 5.65. The zero-order chi connectivity index (χ0) is 20.1. The topological polar surface area (TPSA) is 92.1 Å². The lowest BCUT2D eigenvalue weighted by molar-refractivity contribution is -0.145. The number of carboxylic acids is 1. The van der Waals surface area contributed by atoms with Crippen molar-refractivity contribution < 1.29 is 19.4 Å². The Morgan fingerprint density at radius 1 is 1.39 bits per heavy atom. The van der Waals surface area contributed by atoms with Crippen LogP contribution in [0.3, 0.4) is 0 Å². The molecule has 1 aromatic heterocycles. The molecular weight excluding hydrogens is 398 g/mol. The lowest BCUT2D eigenvalue weighted by Gasteiger charge is -2.15. The van der Waals surface area contributed by atoms with E-state index in [-0.39, 0.29) is 5.91 Å². The maximum atomic E-state index is 12.8. The molecule has 28 heavy (non-hydrogen) atoms. The number of carboxylic acid groups (broad SMARTS) is 1. The standard InChI is InChI=1S/C19H19N3O4S2/c1-3-13(17(24)25)26-14-8-6-5-7-12(14)11-15-16(23)22(4-2)19(28-15)21-18-20-9-10-27-18/h5-11,13H,3-4H2,1-2H3,(H,24,25)/b15-11+,21-19+. The molecule has 7 nitrogen and oxygen atoms in total. The van der Waals surface area contributed by atoms with Gasteiger partial charge in [0.1, 0.15) is 5.75 Å². The molecule has 2 aromatic rings. The number of aliphatic carboxylic acids is 1. The van der Waals surface area contributed by atoms with Crippen LogP contribution in [0, 0.1) is 0 Å². The van der Waals surface area contributed by atoms with Crippen LogP contribution in [-0.4, -0.2) is 44.7 Å². The molecule has 9 heteroatoms. The molecule has 0 saturated carbocycles. The summed E-state index contributed by atoms with van der Waals surface area (Å²) in [7, 11) is 0. The highest BCUT2D eigenvalue weighted by atomic mass is 32.2. The first-order valence-corrected chi connectivity index (χ1v) is 10.4. The molecule has 0 aliphatic carbocycles. The van der Waals surface area contributed by atoms with Crippen molar-refractivity contribution in [2.45, 2.75) is 26.4 Å². The number of hydrogen-bond donors (Lipinski definition) is 1. The summed E-state index contributed by atoms with van der Waals surface area (Å²) in [6.45, 7) is 4.12. The van der Waals surface area contributed by atoms with E-state index in [0.29, 0.717) is 39.5 Å². The Kier molecular flexibility index (Phi) is 6.48. The zero-order valence-corrected chi connectivity index (χ0v) is 17.0. The quantitative estimate of drug-likeness (QED) is 0.685. The first kappa shape index (κ1) is 20.1. The van der Waals surface area contributed by atoms with Gasteiger partial charge in [0.25, 0.3) is 5.91 Å².